The van der Waals surface area contributed by atoms with Gasteiger partial charge in [0.2, 0.25) is 5.88 Å². The summed E-state index contributed by atoms with van der Waals surface area (Å²) in [7, 11) is 0. The Labute approximate surface area is 290 Å². The lowest BCUT2D eigenvalue weighted by Gasteiger charge is -2.32. The number of halogens is 2. The molecule has 0 bridgehead atoms. The zero-order chi connectivity index (χ0) is 34.2. The number of anilines is 1. The van der Waals surface area contributed by atoms with E-state index in [1.807, 2.05) is 18.2 Å². The fourth-order valence-electron chi connectivity index (χ4n) is 6.57. The summed E-state index contributed by atoms with van der Waals surface area (Å²) in [6, 6.07) is 19.2. The molecule has 0 spiro atoms. The van der Waals surface area contributed by atoms with Crippen LogP contribution >= 0.6 is 11.6 Å². The van der Waals surface area contributed by atoms with Gasteiger partial charge >= 0.3 is 5.69 Å². The Kier molecular flexibility index (Phi) is 8.77. The zero-order valence-corrected chi connectivity index (χ0v) is 27.8. The summed E-state index contributed by atoms with van der Waals surface area (Å²) in [6.07, 6.45) is 2.99. The highest BCUT2D eigenvalue weighted by Gasteiger charge is 2.26. The van der Waals surface area contributed by atoms with Gasteiger partial charge in [-0.3, -0.25) is 14.7 Å². The molecule has 1 atom stereocenters. The number of nitrogens with one attached hydrogen (secondary N) is 3. The summed E-state index contributed by atoms with van der Waals surface area (Å²) in [6.45, 7) is 3.93. The number of carbonyl (C=O) groups excluding carboxylic acids is 1. The molecule has 4 aromatic heterocycles. The Morgan fingerprint density at radius 2 is 1.88 bits per heavy atom. The smallest absolute Gasteiger partial charge is 0.325 e. The first-order chi connectivity index (χ1) is 24.3. The lowest BCUT2D eigenvalue weighted by atomic mass is 9.93. The van der Waals surface area contributed by atoms with E-state index in [2.05, 4.69) is 29.7 Å². The number of amides is 1. The van der Waals surface area contributed by atoms with Crippen LogP contribution in [-0.2, 0) is 24.4 Å². The molecule has 6 heterocycles. The van der Waals surface area contributed by atoms with E-state index in [1.165, 1.54) is 6.07 Å². The molecule has 0 aliphatic carbocycles. The fourth-order valence-corrected chi connectivity index (χ4v) is 6.73. The summed E-state index contributed by atoms with van der Waals surface area (Å²) in [5, 5.41) is 3.17. The Bertz CT molecular complexity index is 2260. The first-order valence-corrected chi connectivity index (χ1v) is 17.0. The molecule has 50 heavy (non-hydrogen) atoms. The Balaban J connectivity index is 0.938. The van der Waals surface area contributed by atoms with Gasteiger partial charge in [-0.2, -0.15) is 0 Å². The van der Waals surface area contributed by atoms with Crippen molar-refractivity contribution in [3.8, 4) is 5.88 Å². The molecule has 0 unspecified atom stereocenters. The zero-order valence-electron chi connectivity index (χ0n) is 27.0. The van der Waals surface area contributed by atoms with E-state index in [-0.39, 0.29) is 30.2 Å². The average molecular weight is 697 g/mol. The molecule has 6 aromatic rings. The number of aromatic amines is 2. The fraction of sp³-hybridized carbons (Fsp3) is 0.306. The number of benzene rings is 2. The maximum Gasteiger partial charge on any atom is 0.325 e. The van der Waals surface area contributed by atoms with Gasteiger partial charge in [0, 0.05) is 40.4 Å². The van der Waals surface area contributed by atoms with Crippen molar-refractivity contribution in [1.82, 2.24) is 34.4 Å². The highest BCUT2D eigenvalue weighted by atomic mass is 35.5. The van der Waals surface area contributed by atoms with E-state index < -0.39 is 5.82 Å². The van der Waals surface area contributed by atoms with Gasteiger partial charge in [-0.15, -0.1) is 0 Å². The molecule has 2 aliphatic rings. The number of ether oxygens (including phenoxy) is 2. The van der Waals surface area contributed by atoms with Crippen molar-refractivity contribution in [2.45, 2.75) is 51.0 Å². The van der Waals surface area contributed by atoms with Crippen molar-refractivity contribution in [3.05, 3.63) is 111 Å². The average Bonchev–Trinajstić information content (AvgIpc) is 3.64. The third-order valence-corrected chi connectivity index (χ3v) is 9.63. The summed E-state index contributed by atoms with van der Waals surface area (Å²) < 4.78 is 28.1. The van der Waals surface area contributed by atoms with Crippen LogP contribution in [0.25, 0.3) is 22.2 Å². The van der Waals surface area contributed by atoms with Crippen LogP contribution in [-0.4, -0.2) is 66.1 Å². The quantitative estimate of drug-likeness (QED) is 0.163. The second-order valence-corrected chi connectivity index (χ2v) is 13.2. The van der Waals surface area contributed by atoms with Gasteiger partial charge in [0.1, 0.15) is 24.1 Å². The monoisotopic (exact) mass is 696 g/mol. The number of H-pyrrole nitrogens is 2. The maximum absolute atomic E-state index is 14.2. The molecule has 2 saturated heterocycles. The van der Waals surface area contributed by atoms with Gasteiger partial charge in [-0.1, -0.05) is 23.7 Å². The normalized spacial score (nSPS) is 16.9. The van der Waals surface area contributed by atoms with Crippen molar-refractivity contribution < 1.29 is 18.7 Å². The molecular formula is C36H34ClFN8O4. The number of nitrogens with zero attached hydrogens (tertiary/aromatic N) is 5. The number of hydrogen-bond acceptors (Lipinski definition) is 8. The van der Waals surface area contributed by atoms with Crippen molar-refractivity contribution >= 4 is 45.5 Å². The summed E-state index contributed by atoms with van der Waals surface area (Å²) >= 11 is 5.87. The maximum atomic E-state index is 14.2. The molecule has 12 nitrogen and oxygen atoms in total. The molecule has 2 fully saturated rings. The molecule has 2 aliphatic heterocycles. The third-order valence-electron chi connectivity index (χ3n) is 9.39. The lowest BCUT2D eigenvalue weighted by Crippen LogP contribution is -2.35. The van der Waals surface area contributed by atoms with E-state index >= 15 is 0 Å². The number of rotatable bonds is 10. The molecule has 256 valence electrons. The van der Waals surface area contributed by atoms with Crippen molar-refractivity contribution in [2.75, 3.05) is 25.0 Å². The molecule has 0 radical (unpaired) electrons. The number of aromatic nitrogens is 6. The summed E-state index contributed by atoms with van der Waals surface area (Å²) in [5.41, 5.74) is 4.11. The number of likely N-dealkylation sites (tertiary alicyclic amines) is 1. The van der Waals surface area contributed by atoms with E-state index in [1.54, 1.807) is 42.5 Å². The molecule has 3 N–H and O–H groups in total. The molecule has 1 amide bonds. The SMILES string of the molecule is O=C(Nc1ccc2[nH]c(=O)[nH]c2n1)c1ccc2c(c1)nc(CN1CCC(c3cccc(OCc4ccc(Cl)cc4F)n3)CC1)n2C[C@@H]1CCO1. The highest BCUT2D eigenvalue weighted by Crippen LogP contribution is 2.30. The van der Waals surface area contributed by atoms with Gasteiger partial charge in [-0.05, 0) is 80.9 Å². The predicted molar refractivity (Wildman–Crippen MR) is 186 cm³/mol. The minimum atomic E-state index is -0.403. The topological polar surface area (TPSA) is 143 Å². The molecule has 0 saturated carbocycles. The summed E-state index contributed by atoms with van der Waals surface area (Å²) in [5.74, 6) is 1.28. The Morgan fingerprint density at radius 3 is 2.68 bits per heavy atom. The Hall–Kier alpha value is -5.11. The number of piperidine rings is 1. The largest absolute Gasteiger partial charge is 0.473 e. The second kappa shape index (κ2) is 13.7. The van der Waals surface area contributed by atoms with Crippen LogP contribution in [0.3, 0.4) is 0 Å². The number of fused-ring (bicyclic) bond motifs is 2. The van der Waals surface area contributed by atoms with E-state index in [0.717, 1.165) is 61.5 Å². The van der Waals surface area contributed by atoms with Crippen LogP contribution in [0.5, 0.6) is 5.88 Å². The van der Waals surface area contributed by atoms with Crippen molar-refractivity contribution in [1.29, 1.82) is 0 Å². The number of imidazole rings is 2. The molecule has 14 heteroatoms. The number of pyridine rings is 2. The van der Waals surface area contributed by atoms with Gasteiger partial charge in [0.05, 0.1) is 35.7 Å². The number of carbonyl (C=O) groups is 1. The Morgan fingerprint density at radius 1 is 1.02 bits per heavy atom. The lowest BCUT2D eigenvalue weighted by molar-refractivity contribution is -0.0592. The first-order valence-electron chi connectivity index (χ1n) is 16.6. The van der Waals surface area contributed by atoms with Crippen LogP contribution in [0.15, 0.2) is 71.5 Å². The first kappa shape index (κ1) is 32.1. The predicted octanol–water partition coefficient (Wildman–Crippen LogP) is 5.79. The number of hydrogen-bond donors (Lipinski definition) is 3. The minimum absolute atomic E-state index is 0.0710. The van der Waals surface area contributed by atoms with E-state index in [9.17, 15) is 14.0 Å². The van der Waals surface area contributed by atoms with E-state index in [0.29, 0.717) is 52.1 Å². The standard InChI is InChI=1S/C36H34ClFN8O4/c37-24-6-4-23(26(38)17-24)20-50-33-3-1-2-27(40-33)21-10-13-45(14-11-21)19-32-39-29-16-22(5-8-30(29)46(32)18-25-12-15-49-25)35(47)43-31-9-7-28-34(42-31)44-36(48)41-28/h1-9,16-17,21,25H,10-15,18-20H2,(H3,41,42,43,44,47,48)/t25-/m0/s1. The van der Waals surface area contributed by atoms with Crippen LogP contribution in [0, 0.1) is 5.82 Å². The van der Waals surface area contributed by atoms with Crippen molar-refractivity contribution in [3.63, 3.8) is 0 Å². The third kappa shape index (κ3) is 6.84. The van der Waals surface area contributed by atoms with Crippen LogP contribution in [0.1, 0.15) is 52.6 Å². The van der Waals surface area contributed by atoms with Gasteiger partial charge in [0.15, 0.2) is 5.65 Å². The van der Waals surface area contributed by atoms with Crippen LogP contribution in [0.2, 0.25) is 5.02 Å². The van der Waals surface area contributed by atoms with Crippen molar-refractivity contribution in [2.24, 2.45) is 0 Å². The van der Waals surface area contributed by atoms with Crippen LogP contribution < -0.4 is 15.7 Å². The van der Waals surface area contributed by atoms with Crippen LogP contribution in [0.4, 0.5) is 10.2 Å². The van der Waals surface area contributed by atoms with Gasteiger partial charge < -0.3 is 24.3 Å². The van der Waals surface area contributed by atoms with Gasteiger partial charge in [-0.25, -0.2) is 24.1 Å². The molecule has 8 rings (SSSR count). The van der Waals surface area contributed by atoms with E-state index in [4.69, 9.17) is 31.0 Å². The highest BCUT2D eigenvalue weighted by molar-refractivity contribution is 6.30. The molecular weight excluding hydrogens is 663 g/mol. The molecule has 2 aromatic carbocycles. The summed E-state index contributed by atoms with van der Waals surface area (Å²) in [4.78, 5) is 46.6. The van der Waals surface area contributed by atoms with Gasteiger partial charge in [0.25, 0.3) is 5.91 Å². The minimum Gasteiger partial charge on any atom is -0.473 e. The second-order valence-electron chi connectivity index (χ2n) is 12.7.